The number of aryl methyl sites for hydroxylation is 2. The van der Waals surface area contributed by atoms with Crippen molar-refractivity contribution in [1.82, 2.24) is 4.90 Å². The number of hydrogen-bond donors (Lipinski definition) is 0. The Balaban J connectivity index is 2.01. The molecule has 0 spiro atoms. The van der Waals surface area contributed by atoms with Crippen LogP contribution in [0.3, 0.4) is 0 Å². The Morgan fingerprint density at radius 3 is 2.33 bits per heavy atom. The lowest BCUT2D eigenvalue weighted by Gasteiger charge is -2.39. The third-order valence-electron chi connectivity index (χ3n) is 4.22. The molecular weight excluding hydrogens is 220 g/mol. The summed E-state index contributed by atoms with van der Waals surface area (Å²) in [4.78, 5) is 5.15. The molecule has 0 radical (unpaired) electrons. The van der Waals surface area contributed by atoms with Crippen LogP contribution in [0.5, 0.6) is 0 Å². The average molecular weight is 246 g/mol. The first-order valence-corrected chi connectivity index (χ1v) is 7.18. The zero-order chi connectivity index (χ0) is 13.1. The number of benzene rings is 1. The molecule has 1 aliphatic rings. The summed E-state index contributed by atoms with van der Waals surface area (Å²) in [6, 6.07) is 7.52. The largest absolute Gasteiger partial charge is 0.369 e. The molecule has 2 heteroatoms. The van der Waals surface area contributed by atoms with Gasteiger partial charge in [0.15, 0.2) is 0 Å². The molecule has 100 valence electrons. The highest BCUT2D eigenvalue weighted by molar-refractivity contribution is 5.54. The van der Waals surface area contributed by atoms with E-state index < -0.39 is 0 Å². The SMILES string of the molecule is CCC(C)N1CCN(c2ccc(C)cc2C)CC1. The number of hydrogen-bond acceptors (Lipinski definition) is 2. The van der Waals surface area contributed by atoms with Gasteiger partial charge in [0, 0.05) is 37.9 Å². The van der Waals surface area contributed by atoms with Crippen molar-refractivity contribution >= 4 is 5.69 Å². The Morgan fingerprint density at radius 1 is 1.11 bits per heavy atom. The van der Waals surface area contributed by atoms with Gasteiger partial charge in [0.1, 0.15) is 0 Å². The normalized spacial score (nSPS) is 19.0. The van der Waals surface area contributed by atoms with E-state index in [1.54, 1.807) is 0 Å². The topological polar surface area (TPSA) is 6.48 Å². The molecule has 0 aliphatic carbocycles. The van der Waals surface area contributed by atoms with Gasteiger partial charge in [0.25, 0.3) is 0 Å². The summed E-state index contributed by atoms with van der Waals surface area (Å²) in [7, 11) is 0. The minimum atomic E-state index is 0.728. The maximum absolute atomic E-state index is 2.61. The lowest BCUT2D eigenvalue weighted by molar-refractivity contribution is 0.193. The van der Waals surface area contributed by atoms with E-state index in [4.69, 9.17) is 0 Å². The van der Waals surface area contributed by atoms with Crippen LogP contribution in [0.25, 0.3) is 0 Å². The maximum atomic E-state index is 2.61. The molecule has 0 aromatic heterocycles. The van der Waals surface area contributed by atoms with Crippen molar-refractivity contribution in [2.75, 3.05) is 31.1 Å². The number of anilines is 1. The van der Waals surface area contributed by atoms with Crippen LogP contribution in [-0.4, -0.2) is 37.1 Å². The Bertz CT molecular complexity index is 392. The highest BCUT2D eigenvalue weighted by Gasteiger charge is 2.20. The fraction of sp³-hybridized carbons (Fsp3) is 0.625. The van der Waals surface area contributed by atoms with Gasteiger partial charge in [0.05, 0.1) is 0 Å². The number of nitrogens with zero attached hydrogens (tertiary/aromatic N) is 2. The second-order valence-electron chi connectivity index (χ2n) is 5.57. The van der Waals surface area contributed by atoms with E-state index in [2.05, 4.69) is 55.7 Å². The summed E-state index contributed by atoms with van der Waals surface area (Å²) in [6.07, 6.45) is 1.25. The van der Waals surface area contributed by atoms with E-state index in [0.717, 1.165) is 19.1 Å². The van der Waals surface area contributed by atoms with Gasteiger partial charge in [0.2, 0.25) is 0 Å². The highest BCUT2D eigenvalue weighted by Crippen LogP contribution is 2.23. The molecular formula is C16H26N2. The van der Waals surface area contributed by atoms with Gasteiger partial charge in [-0.05, 0) is 38.8 Å². The predicted octanol–water partition coefficient (Wildman–Crippen LogP) is 3.22. The molecule has 1 fully saturated rings. The third-order valence-corrected chi connectivity index (χ3v) is 4.22. The van der Waals surface area contributed by atoms with Crippen LogP contribution in [0.1, 0.15) is 31.4 Å². The standard InChI is InChI=1S/C16H26N2/c1-5-15(4)17-8-10-18(11-9-17)16-7-6-13(2)12-14(16)3/h6-7,12,15H,5,8-11H2,1-4H3. The van der Waals surface area contributed by atoms with Crippen molar-refractivity contribution in [3.05, 3.63) is 29.3 Å². The molecule has 1 aromatic carbocycles. The molecule has 1 saturated heterocycles. The van der Waals surface area contributed by atoms with Gasteiger partial charge >= 0.3 is 0 Å². The monoisotopic (exact) mass is 246 g/mol. The number of piperazine rings is 1. The van der Waals surface area contributed by atoms with Crippen LogP contribution in [0, 0.1) is 13.8 Å². The Labute approximate surface area is 112 Å². The van der Waals surface area contributed by atoms with Crippen molar-refractivity contribution in [2.45, 2.75) is 40.2 Å². The second-order valence-corrected chi connectivity index (χ2v) is 5.57. The molecule has 1 atom stereocenters. The predicted molar refractivity (Wildman–Crippen MR) is 79.5 cm³/mol. The van der Waals surface area contributed by atoms with Crippen molar-refractivity contribution in [1.29, 1.82) is 0 Å². The van der Waals surface area contributed by atoms with E-state index >= 15 is 0 Å². The Kier molecular flexibility index (Phi) is 4.28. The summed E-state index contributed by atoms with van der Waals surface area (Å²) in [5.41, 5.74) is 4.19. The zero-order valence-corrected chi connectivity index (χ0v) is 12.2. The highest BCUT2D eigenvalue weighted by atomic mass is 15.3. The van der Waals surface area contributed by atoms with Crippen molar-refractivity contribution in [2.24, 2.45) is 0 Å². The smallest absolute Gasteiger partial charge is 0.0396 e. The molecule has 0 amide bonds. The van der Waals surface area contributed by atoms with E-state index in [0.29, 0.717) is 0 Å². The zero-order valence-electron chi connectivity index (χ0n) is 12.2. The van der Waals surface area contributed by atoms with Crippen LogP contribution in [0.2, 0.25) is 0 Å². The summed E-state index contributed by atoms with van der Waals surface area (Å²) in [6.45, 7) is 13.7. The summed E-state index contributed by atoms with van der Waals surface area (Å²) < 4.78 is 0. The molecule has 1 aromatic rings. The lowest BCUT2D eigenvalue weighted by Crippen LogP contribution is -2.49. The van der Waals surface area contributed by atoms with Gasteiger partial charge in [-0.15, -0.1) is 0 Å². The van der Waals surface area contributed by atoms with E-state index in [-0.39, 0.29) is 0 Å². The molecule has 18 heavy (non-hydrogen) atoms. The molecule has 1 aliphatic heterocycles. The second kappa shape index (κ2) is 5.75. The van der Waals surface area contributed by atoms with Crippen molar-refractivity contribution in [3.63, 3.8) is 0 Å². The Morgan fingerprint density at radius 2 is 1.78 bits per heavy atom. The first kappa shape index (κ1) is 13.4. The molecule has 2 rings (SSSR count). The summed E-state index contributed by atoms with van der Waals surface area (Å²) >= 11 is 0. The minimum Gasteiger partial charge on any atom is -0.369 e. The van der Waals surface area contributed by atoms with Crippen LogP contribution < -0.4 is 4.90 Å². The van der Waals surface area contributed by atoms with Gasteiger partial charge in [-0.25, -0.2) is 0 Å². The molecule has 0 N–H and O–H groups in total. The quantitative estimate of drug-likeness (QED) is 0.808. The fourth-order valence-corrected chi connectivity index (χ4v) is 2.82. The van der Waals surface area contributed by atoms with E-state index in [1.165, 1.54) is 36.3 Å². The molecule has 1 heterocycles. The average Bonchev–Trinajstić information content (AvgIpc) is 2.38. The molecule has 1 unspecified atom stereocenters. The van der Waals surface area contributed by atoms with Crippen LogP contribution in [0.15, 0.2) is 18.2 Å². The first-order valence-electron chi connectivity index (χ1n) is 7.18. The van der Waals surface area contributed by atoms with Crippen LogP contribution in [0.4, 0.5) is 5.69 Å². The number of rotatable bonds is 3. The van der Waals surface area contributed by atoms with Gasteiger partial charge in [-0.2, -0.15) is 0 Å². The van der Waals surface area contributed by atoms with Crippen molar-refractivity contribution < 1.29 is 0 Å². The fourth-order valence-electron chi connectivity index (χ4n) is 2.82. The maximum Gasteiger partial charge on any atom is 0.0396 e. The first-order chi connectivity index (χ1) is 8.61. The third kappa shape index (κ3) is 2.86. The summed E-state index contributed by atoms with van der Waals surface area (Å²) in [5.74, 6) is 0. The summed E-state index contributed by atoms with van der Waals surface area (Å²) in [5, 5.41) is 0. The molecule has 0 saturated carbocycles. The van der Waals surface area contributed by atoms with Gasteiger partial charge in [-0.1, -0.05) is 24.6 Å². The van der Waals surface area contributed by atoms with E-state index in [9.17, 15) is 0 Å². The Hall–Kier alpha value is -1.02. The minimum absolute atomic E-state index is 0.728. The van der Waals surface area contributed by atoms with E-state index in [1.807, 2.05) is 0 Å². The van der Waals surface area contributed by atoms with Crippen molar-refractivity contribution in [3.8, 4) is 0 Å². The molecule has 0 bridgehead atoms. The van der Waals surface area contributed by atoms with Gasteiger partial charge in [-0.3, -0.25) is 4.90 Å². The van der Waals surface area contributed by atoms with Gasteiger partial charge < -0.3 is 4.90 Å². The molecule has 2 nitrogen and oxygen atoms in total. The lowest BCUT2D eigenvalue weighted by atomic mass is 10.1. The van der Waals surface area contributed by atoms with Crippen LogP contribution in [-0.2, 0) is 0 Å². The van der Waals surface area contributed by atoms with Crippen LogP contribution >= 0.6 is 0 Å².